The van der Waals surface area contributed by atoms with Crippen LogP contribution in [0, 0.1) is 0 Å². The van der Waals surface area contributed by atoms with Crippen LogP contribution in [0.15, 0.2) is 28.7 Å². The topological polar surface area (TPSA) is 65.5 Å². The maximum absolute atomic E-state index is 10.8. The van der Waals surface area contributed by atoms with Gasteiger partial charge in [-0.2, -0.15) is 0 Å². The number of primary amides is 1. The highest BCUT2D eigenvalue weighted by Gasteiger charge is 2.10. The summed E-state index contributed by atoms with van der Waals surface area (Å²) >= 11 is 0. The standard InChI is InChI=1S/C12H13NO3/c1-2-15-10-5-3-4-8-6-9(7-11(13)14)16-12(8)10/h3-6H,2,7H2,1H3,(H2,13,14). The van der Waals surface area contributed by atoms with Crippen LogP contribution in [0.5, 0.6) is 5.75 Å². The predicted molar refractivity (Wildman–Crippen MR) is 60.3 cm³/mol. The van der Waals surface area contributed by atoms with E-state index in [9.17, 15) is 4.79 Å². The van der Waals surface area contributed by atoms with E-state index < -0.39 is 5.91 Å². The number of carbonyl (C=O) groups excluding carboxylic acids is 1. The van der Waals surface area contributed by atoms with Gasteiger partial charge in [0.1, 0.15) is 5.76 Å². The minimum atomic E-state index is -0.406. The Kier molecular flexibility index (Phi) is 2.81. The van der Waals surface area contributed by atoms with Crippen molar-refractivity contribution in [2.75, 3.05) is 6.61 Å². The number of amides is 1. The summed E-state index contributed by atoms with van der Waals surface area (Å²) in [6.07, 6.45) is 0.111. The number of rotatable bonds is 4. The van der Waals surface area contributed by atoms with Gasteiger partial charge < -0.3 is 14.9 Å². The van der Waals surface area contributed by atoms with Crippen LogP contribution in [-0.2, 0) is 11.2 Å². The minimum Gasteiger partial charge on any atom is -0.490 e. The molecule has 2 N–H and O–H groups in total. The summed E-state index contributed by atoms with van der Waals surface area (Å²) in [6.45, 7) is 2.48. The highest BCUT2D eigenvalue weighted by atomic mass is 16.5. The molecule has 0 aliphatic carbocycles. The van der Waals surface area contributed by atoms with Crippen molar-refractivity contribution in [3.63, 3.8) is 0 Å². The fourth-order valence-electron chi connectivity index (χ4n) is 1.62. The number of hydrogen-bond donors (Lipinski definition) is 1. The van der Waals surface area contributed by atoms with E-state index in [-0.39, 0.29) is 6.42 Å². The molecule has 0 spiro atoms. The lowest BCUT2D eigenvalue weighted by molar-refractivity contribution is -0.117. The van der Waals surface area contributed by atoms with E-state index >= 15 is 0 Å². The Bertz CT molecular complexity index is 516. The molecule has 0 bridgehead atoms. The van der Waals surface area contributed by atoms with Gasteiger partial charge in [0.25, 0.3) is 0 Å². The third-order valence-corrected chi connectivity index (χ3v) is 2.21. The summed E-state index contributed by atoms with van der Waals surface area (Å²) in [7, 11) is 0. The zero-order valence-electron chi connectivity index (χ0n) is 9.03. The molecule has 2 aromatic rings. The molecule has 84 valence electrons. The molecule has 0 saturated carbocycles. The van der Waals surface area contributed by atoms with Crippen LogP contribution in [0.25, 0.3) is 11.0 Å². The first-order valence-corrected chi connectivity index (χ1v) is 5.13. The summed E-state index contributed by atoms with van der Waals surface area (Å²) in [5, 5.41) is 0.919. The number of nitrogens with two attached hydrogens (primary N) is 1. The summed E-state index contributed by atoms with van der Waals surface area (Å²) in [5.74, 6) is 0.849. The second kappa shape index (κ2) is 4.26. The van der Waals surface area contributed by atoms with E-state index in [1.807, 2.05) is 31.2 Å². The molecule has 1 aromatic heterocycles. The number of para-hydroxylation sites is 1. The molecule has 0 saturated heterocycles. The fraction of sp³-hybridized carbons (Fsp3) is 0.250. The van der Waals surface area contributed by atoms with Gasteiger partial charge in [-0.1, -0.05) is 12.1 Å². The molecule has 0 aliphatic rings. The molecule has 4 heteroatoms. The van der Waals surface area contributed by atoms with Crippen molar-refractivity contribution in [3.05, 3.63) is 30.0 Å². The van der Waals surface area contributed by atoms with Crippen molar-refractivity contribution in [3.8, 4) is 5.75 Å². The Morgan fingerprint density at radius 2 is 2.31 bits per heavy atom. The minimum absolute atomic E-state index is 0.111. The largest absolute Gasteiger partial charge is 0.490 e. The van der Waals surface area contributed by atoms with Crippen LogP contribution >= 0.6 is 0 Å². The Hall–Kier alpha value is -1.97. The van der Waals surface area contributed by atoms with Crippen LogP contribution in [-0.4, -0.2) is 12.5 Å². The molecular formula is C12H13NO3. The summed E-state index contributed by atoms with van der Waals surface area (Å²) in [6, 6.07) is 7.44. The average molecular weight is 219 g/mol. The van der Waals surface area contributed by atoms with Crippen molar-refractivity contribution in [1.29, 1.82) is 0 Å². The van der Waals surface area contributed by atoms with Gasteiger partial charge in [0.15, 0.2) is 11.3 Å². The predicted octanol–water partition coefficient (Wildman–Crippen LogP) is 1.86. The van der Waals surface area contributed by atoms with Gasteiger partial charge >= 0.3 is 0 Å². The maximum Gasteiger partial charge on any atom is 0.225 e. The normalized spacial score (nSPS) is 10.6. The van der Waals surface area contributed by atoms with Crippen molar-refractivity contribution < 1.29 is 13.9 Å². The molecule has 4 nitrogen and oxygen atoms in total. The Labute approximate surface area is 93.0 Å². The summed E-state index contributed by atoms with van der Waals surface area (Å²) < 4.78 is 11.0. The van der Waals surface area contributed by atoms with Crippen molar-refractivity contribution in [1.82, 2.24) is 0 Å². The van der Waals surface area contributed by atoms with Crippen LogP contribution in [0.2, 0.25) is 0 Å². The van der Waals surface area contributed by atoms with Crippen LogP contribution in [0.1, 0.15) is 12.7 Å². The zero-order valence-corrected chi connectivity index (χ0v) is 9.03. The molecule has 1 heterocycles. The third-order valence-electron chi connectivity index (χ3n) is 2.21. The molecule has 0 atom stereocenters. The molecule has 0 radical (unpaired) electrons. The van der Waals surface area contributed by atoms with Gasteiger partial charge in [-0.3, -0.25) is 4.79 Å². The molecule has 1 amide bonds. The molecule has 0 unspecified atom stereocenters. The van der Waals surface area contributed by atoms with E-state index in [0.717, 1.165) is 5.39 Å². The summed E-state index contributed by atoms with van der Waals surface area (Å²) in [4.78, 5) is 10.8. The van der Waals surface area contributed by atoms with Crippen LogP contribution < -0.4 is 10.5 Å². The first kappa shape index (κ1) is 10.5. The van der Waals surface area contributed by atoms with Gasteiger partial charge in [-0.25, -0.2) is 0 Å². The molecule has 16 heavy (non-hydrogen) atoms. The third kappa shape index (κ3) is 2.00. The highest BCUT2D eigenvalue weighted by Crippen LogP contribution is 2.28. The number of ether oxygens (including phenoxy) is 1. The molecular weight excluding hydrogens is 206 g/mol. The van der Waals surface area contributed by atoms with Gasteiger partial charge in [0.05, 0.1) is 13.0 Å². The van der Waals surface area contributed by atoms with E-state index in [4.69, 9.17) is 14.9 Å². The molecule has 0 aliphatic heterocycles. The quantitative estimate of drug-likeness (QED) is 0.853. The number of carbonyl (C=O) groups is 1. The van der Waals surface area contributed by atoms with E-state index in [1.54, 1.807) is 0 Å². The number of hydrogen-bond acceptors (Lipinski definition) is 3. The monoisotopic (exact) mass is 219 g/mol. The second-order valence-corrected chi connectivity index (χ2v) is 3.46. The van der Waals surface area contributed by atoms with E-state index in [1.165, 1.54) is 0 Å². The lowest BCUT2D eigenvalue weighted by atomic mass is 10.2. The Morgan fingerprint density at radius 3 is 3.00 bits per heavy atom. The lowest BCUT2D eigenvalue weighted by Crippen LogP contribution is -2.12. The first-order chi connectivity index (χ1) is 7.70. The molecule has 1 aromatic carbocycles. The zero-order chi connectivity index (χ0) is 11.5. The lowest BCUT2D eigenvalue weighted by Gasteiger charge is -2.02. The van der Waals surface area contributed by atoms with Gasteiger partial charge in [-0.15, -0.1) is 0 Å². The molecule has 2 rings (SSSR count). The highest BCUT2D eigenvalue weighted by molar-refractivity contribution is 5.85. The maximum atomic E-state index is 10.8. The average Bonchev–Trinajstić information content (AvgIpc) is 2.60. The van der Waals surface area contributed by atoms with Gasteiger partial charge in [-0.05, 0) is 19.1 Å². The van der Waals surface area contributed by atoms with E-state index in [2.05, 4.69) is 0 Å². The molecule has 0 fully saturated rings. The fourth-order valence-corrected chi connectivity index (χ4v) is 1.62. The van der Waals surface area contributed by atoms with Crippen molar-refractivity contribution >= 4 is 16.9 Å². The SMILES string of the molecule is CCOc1cccc2cc(CC(N)=O)oc12. The van der Waals surface area contributed by atoms with Gasteiger partial charge in [0, 0.05) is 5.39 Å². The van der Waals surface area contributed by atoms with Crippen LogP contribution in [0.3, 0.4) is 0 Å². The number of fused-ring (bicyclic) bond motifs is 1. The number of benzene rings is 1. The van der Waals surface area contributed by atoms with Gasteiger partial charge in [0.2, 0.25) is 5.91 Å². The Morgan fingerprint density at radius 1 is 1.50 bits per heavy atom. The number of furan rings is 1. The summed E-state index contributed by atoms with van der Waals surface area (Å²) in [5.41, 5.74) is 5.78. The van der Waals surface area contributed by atoms with Crippen molar-refractivity contribution in [2.24, 2.45) is 5.73 Å². The van der Waals surface area contributed by atoms with Crippen molar-refractivity contribution in [2.45, 2.75) is 13.3 Å². The van der Waals surface area contributed by atoms with Crippen LogP contribution in [0.4, 0.5) is 0 Å². The smallest absolute Gasteiger partial charge is 0.225 e. The Balaban J connectivity index is 2.43. The second-order valence-electron chi connectivity index (χ2n) is 3.46. The van der Waals surface area contributed by atoms with E-state index in [0.29, 0.717) is 23.7 Å². The first-order valence-electron chi connectivity index (χ1n) is 5.13.